The van der Waals surface area contributed by atoms with Crippen molar-refractivity contribution in [1.82, 2.24) is 9.97 Å². The van der Waals surface area contributed by atoms with Gasteiger partial charge in [0.2, 0.25) is 11.8 Å². The molecule has 1 N–H and O–H groups in total. The highest BCUT2D eigenvalue weighted by Gasteiger charge is 2.29. The van der Waals surface area contributed by atoms with Gasteiger partial charge in [0.25, 0.3) is 0 Å². The van der Waals surface area contributed by atoms with Crippen LogP contribution in [0.4, 0.5) is 0 Å². The zero-order valence-electron chi connectivity index (χ0n) is 11.8. The van der Waals surface area contributed by atoms with Crippen LogP contribution in [-0.2, 0) is 0 Å². The van der Waals surface area contributed by atoms with Crippen molar-refractivity contribution in [2.45, 2.75) is 38.7 Å². The first kappa shape index (κ1) is 14.1. The lowest BCUT2D eigenvalue weighted by Gasteiger charge is -2.30. The fourth-order valence-electron chi connectivity index (χ4n) is 2.81. The van der Waals surface area contributed by atoms with E-state index in [0.29, 0.717) is 23.4 Å². The van der Waals surface area contributed by atoms with Gasteiger partial charge in [-0.05, 0) is 24.7 Å². The molecule has 1 saturated carbocycles. The van der Waals surface area contributed by atoms with Crippen LogP contribution in [0.15, 0.2) is 6.20 Å². The summed E-state index contributed by atoms with van der Waals surface area (Å²) >= 11 is 0. The molecule has 3 unspecified atom stereocenters. The van der Waals surface area contributed by atoms with Crippen LogP contribution >= 0.6 is 0 Å². The van der Waals surface area contributed by atoms with Gasteiger partial charge >= 0.3 is 0 Å². The zero-order valence-corrected chi connectivity index (χ0v) is 11.8. The highest BCUT2D eigenvalue weighted by molar-refractivity contribution is 5.25. The number of hydrogen-bond donors (Lipinski definition) is 1. The summed E-state index contributed by atoms with van der Waals surface area (Å²) in [5, 5.41) is 10.5. The van der Waals surface area contributed by atoms with Crippen molar-refractivity contribution in [1.29, 1.82) is 0 Å². The van der Waals surface area contributed by atoms with Gasteiger partial charge in [-0.2, -0.15) is 4.98 Å². The van der Waals surface area contributed by atoms with E-state index in [1.807, 2.05) is 0 Å². The molecule has 1 aromatic heterocycles. The Hall–Kier alpha value is -1.36. The second-order valence-electron chi connectivity index (χ2n) is 5.28. The third-order valence-electron chi connectivity index (χ3n) is 3.85. The number of aliphatic hydroxyl groups is 1. The van der Waals surface area contributed by atoms with Crippen LogP contribution in [0.25, 0.3) is 0 Å². The van der Waals surface area contributed by atoms with Crippen LogP contribution < -0.4 is 9.47 Å². The molecular weight excluding hydrogens is 244 g/mol. The molecule has 0 radical (unpaired) electrons. The van der Waals surface area contributed by atoms with Crippen molar-refractivity contribution < 1.29 is 14.6 Å². The maximum absolute atomic E-state index is 10.5. The van der Waals surface area contributed by atoms with Crippen LogP contribution in [0.1, 0.15) is 44.4 Å². The smallest absolute Gasteiger partial charge is 0.241 e. The van der Waals surface area contributed by atoms with Gasteiger partial charge in [-0.15, -0.1) is 0 Å². The molecule has 5 heteroatoms. The molecule has 0 spiro atoms. The molecule has 0 saturated heterocycles. The first-order valence-corrected chi connectivity index (χ1v) is 6.78. The predicted octanol–water partition coefficient (Wildman–Crippen LogP) is 2.35. The second-order valence-corrected chi connectivity index (χ2v) is 5.28. The maximum atomic E-state index is 10.5. The van der Waals surface area contributed by atoms with Gasteiger partial charge < -0.3 is 14.6 Å². The van der Waals surface area contributed by atoms with Crippen molar-refractivity contribution in [3.63, 3.8) is 0 Å². The molecule has 1 aliphatic rings. The minimum Gasteiger partial charge on any atom is -0.480 e. The largest absolute Gasteiger partial charge is 0.480 e. The predicted molar refractivity (Wildman–Crippen MR) is 71.2 cm³/mol. The second kappa shape index (κ2) is 6.19. The van der Waals surface area contributed by atoms with Crippen molar-refractivity contribution >= 4 is 0 Å². The van der Waals surface area contributed by atoms with Crippen LogP contribution in [0.5, 0.6) is 11.8 Å². The average molecular weight is 266 g/mol. The van der Waals surface area contributed by atoms with E-state index in [1.165, 1.54) is 26.8 Å². The Morgan fingerprint density at radius 1 is 1.32 bits per heavy atom. The summed E-state index contributed by atoms with van der Waals surface area (Å²) in [7, 11) is 3.06. The first-order chi connectivity index (χ1) is 9.15. The van der Waals surface area contributed by atoms with Crippen LogP contribution in [-0.4, -0.2) is 29.3 Å². The lowest BCUT2D eigenvalue weighted by molar-refractivity contribution is 0.0650. The molecule has 5 nitrogen and oxygen atoms in total. The fourth-order valence-corrected chi connectivity index (χ4v) is 2.81. The van der Waals surface area contributed by atoms with E-state index < -0.39 is 6.10 Å². The van der Waals surface area contributed by atoms with Gasteiger partial charge in [0, 0.05) is 0 Å². The molecule has 0 aromatic carbocycles. The molecule has 0 bridgehead atoms. The third-order valence-corrected chi connectivity index (χ3v) is 3.85. The Bertz CT molecular complexity index is 425. The Morgan fingerprint density at radius 2 is 2.11 bits per heavy atom. The molecule has 3 atom stereocenters. The van der Waals surface area contributed by atoms with E-state index in [4.69, 9.17) is 9.47 Å². The highest BCUT2D eigenvalue weighted by atomic mass is 16.5. The normalized spacial score (nSPS) is 24.8. The average Bonchev–Trinajstić information content (AvgIpc) is 2.45. The van der Waals surface area contributed by atoms with Crippen molar-refractivity contribution in [3.05, 3.63) is 11.9 Å². The van der Waals surface area contributed by atoms with Gasteiger partial charge in [-0.1, -0.05) is 19.8 Å². The highest BCUT2D eigenvalue weighted by Crippen LogP contribution is 2.38. The van der Waals surface area contributed by atoms with E-state index in [1.54, 1.807) is 0 Å². The van der Waals surface area contributed by atoms with E-state index in [-0.39, 0.29) is 5.92 Å². The quantitative estimate of drug-likeness (QED) is 0.906. The summed E-state index contributed by atoms with van der Waals surface area (Å²) in [6.45, 7) is 2.23. The van der Waals surface area contributed by atoms with Crippen molar-refractivity contribution in [3.8, 4) is 11.8 Å². The van der Waals surface area contributed by atoms with E-state index >= 15 is 0 Å². The number of aliphatic hydroxyl groups excluding tert-OH is 1. The number of nitrogens with zero attached hydrogens (tertiary/aromatic N) is 2. The Morgan fingerprint density at radius 3 is 2.74 bits per heavy atom. The lowest BCUT2D eigenvalue weighted by Crippen LogP contribution is -2.21. The Kier molecular flexibility index (Phi) is 4.58. The molecule has 19 heavy (non-hydrogen) atoms. The molecule has 1 aromatic rings. The molecule has 0 aliphatic heterocycles. The van der Waals surface area contributed by atoms with Crippen molar-refractivity contribution in [2.24, 2.45) is 11.8 Å². The van der Waals surface area contributed by atoms with Gasteiger partial charge in [0.05, 0.1) is 20.4 Å². The van der Waals surface area contributed by atoms with Crippen LogP contribution in [0, 0.1) is 11.8 Å². The van der Waals surface area contributed by atoms with E-state index in [0.717, 1.165) is 19.3 Å². The summed E-state index contributed by atoms with van der Waals surface area (Å²) < 4.78 is 10.2. The summed E-state index contributed by atoms with van der Waals surface area (Å²) in [6, 6.07) is 0. The van der Waals surface area contributed by atoms with Gasteiger partial charge in [0.1, 0.15) is 11.8 Å². The third kappa shape index (κ3) is 3.15. The molecule has 1 aliphatic carbocycles. The number of methoxy groups -OCH3 is 2. The molecule has 2 rings (SSSR count). The summed E-state index contributed by atoms with van der Waals surface area (Å²) in [5.74, 6) is 1.64. The number of hydrogen-bond acceptors (Lipinski definition) is 5. The number of aromatic nitrogens is 2. The topological polar surface area (TPSA) is 64.5 Å². The standard InChI is InChI=1S/C14H22N2O3/c1-9-5-4-6-10(7-9)13(17)12-14(19-3)16-11(18-2)8-15-12/h8-10,13,17H,4-7H2,1-3H3. The summed E-state index contributed by atoms with van der Waals surface area (Å²) in [6.07, 6.45) is 5.37. The molecule has 106 valence electrons. The summed E-state index contributed by atoms with van der Waals surface area (Å²) in [4.78, 5) is 8.44. The minimum absolute atomic E-state index is 0.236. The van der Waals surface area contributed by atoms with E-state index in [9.17, 15) is 5.11 Å². The van der Waals surface area contributed by atoms with Gasteiger partial charge in [-0.25, -0.2) is 4.98 Å². The lowest BCUT2D eigenvalue weighted by atomic mass is 9.79. The zero-order chi connectivity index (χ0) is 13.8. The number of ether oxygens (including phenoxy) is 2. The molecule has 1 heterocycles. The molecule has 1 fully saturated rings. The van der Waals surface area contributed by atoms with Crippen LogP contribution in [0.3, 0.4) is 0 Å². The minimum atomic E-state index is -0.615. The van der Waals surface area contributed by atoms with Gasteiger partial charge in [0.15, 0.2) is 0 Å². The fraction of sp³-hybridized carbons (Fsp3) is 0.714. The molecule has 0 amide bonds. The molecular formula is C14H22N2O3. The first-order valence-electron chi connectivity index (χ1n) is 6.78. The van der Waals surface area contributed by atoms with Crippen LogP contribution in [0.2, 0.25) is 0 Å². The Labute approximate surface area is 114 Å². The van der Waals surface area contributed by atoms with Crippen molar-refractivity contribution in [2.75, 3.05) is 14.2 Å². The van der Waals surface area contributed by atoms with E-state index in [2.05, 4.69) is 16.9 Å². The summed E-state index contributed by atoms with van der Waals surface area (Å²) in [5.41, 5.74) is 0.516. The number of rotatable bonds is 4. The monoisotopic (exact) mass is 266 g/mol. The van der Waals surface area contributed by atoms with Gasteiger partial charge in [-0.3, -0.25) is 0 Å². The Balaban J connectivity index is 2.20. The maximum Gasteiger partial charge on any atom is 0.241 e. The SMILES string of the molecule is COc1cnc(C(O)C2CCCC(C)C2)c(OC)n1.